The Balaban J connectivity index is 2.29. The number of hydrogen-bond donors (Lipinski definition) is 0. The highest BCUT2D eigenvalue weighted by Gasteiger charge is 2.31. The van der Waals surface area contributed by atoms with Crippen molar-refractivity contribution >= 4 is 15.5 Å². The van der Waals surface area contributed by atoms with Crippen molar-refractivity contribution in [1.82, 2.24) is 0 Å². The van der Waals surface area contributed by atoms with E-state index >= 15 is 0 Å². The maximum atomic E-state index is 12.8. The van der Waals surface area contributed by atoms with Crippen LogP contribution in [-0.4, -0.2) is 21.2 Å². The first-order valence-electron chi connectivity index (χ1n) is 7.02. The highest BCUT2D eigenvalue weighted by atomic mass is 32.2. The number of halogens is 5. The predicted molar refractivity (Wildman–Crippen MR) is 83.2 cm³/mol. The number of nitrogens with zero attached hydrogens (tertiary/aromatic N) is 1. The molecule has 0 aromatic heterocycles. The quantitative estimate of drug-likeness (QED) is 0.726. The lowest BCUT2D eigenvalue weighted by molar-refractivity contribution is -0.137. The molecule has 2 aromatic rings. The number of para-hydroxylation sites is 1. The van der Waals surface area contributed by atoms with Gasteiger partial charge in [0.2, 0.25) is 9.84 Å². The number of hydrogen-bond acceptors (Lipinski definition) is 3. The largest absolute Gasteiger partial charge is 0.416 e. The molecule has 0 aliphatic carbocycles. The second kappa shape index (κ2) is 6.99. The average molecular weight is 379 g/mol. The zero-order valence-electron chi connectivity index (χ0n) is 13.0. The van der Waals surface area contributed by atoms with Gasteiger partial charge in [-0.3, -0.25) is 0 Å². The summed E-state index contributed by atoms with van der Waals surface area (Å²) in [7, 11) is -3.32. The number of benzene rings is 2. The van der Waals surface area contributed by atoms with E-state index in [1.165, 1.54) is 42.3 Å². The van der Waals surface area contributed by atoms with Crippen LogP contribution >= 0.6 is 0 Å². The molecule has 2 rings (SSSR count). The van der Waals surface area contributed by atoms with E-state index < -0.39 is 32.2 Å². The Kier molecular flexibility index (Phi) is 5.36. The molecular weight excluding hydrogens is 365 g/mol. The van der Waals surface area contributed by atoms with Crippen molar-refractivity contribution in [2.24, 2.45) is 0 Å². The normalized spacial score (nSPS) is 12.4. The molecule has 0 amide bonds. The molecule has 0 aliphatic rings. The van der Waals surface area contributed by atoms with Crippen LogP contribution in [0.2, 0.25) is 0 Å². The van der Waals surface area contributed by atoms with Crippen molar-refractivity contribution < 1.29 is 30.4 Å². The van der Waals surface area contributed by atoms with Crippen LogP contribution in [0.3, 0.4) is 0 Å². The molecule has 0 radical (unpaired) electrons. The minimum absolute atomic E-state index is 0.0442. The first kappa shape index (κ1) is 19.2. The van der Waals surface area contributed by atoms with Crippen LogP contribution in [0.25, 0.3) is 0 Å². The van der Waals surface area contributed by atoms with Crippen molar-refractivity contribution in [3.8, 4) is 0 Å². The fourth-order valence-electron chi connectivity index (χ4n) is 2.27. The van der Waals surface area contributed by atoms with Crippen LogP contribution < -0.4 is 4.90 Å². The predicted octanol–water partition coefficient (Wildman–Crippen LogP) is 4.34. The maximum absolute atomic E-state index is 12.8. The van der Waals surface area contributed by atoms with E-state index in [0.29, 0.717) is 5.56 Å². The molecule has 136 valence electrons. The van der Waals surface area contributed by atoms with Gasteiger partial charge in [0.05, 0.1) is 16.1 Å². The smallest absolute Gasteiger partial charge is 0.369 e. The van der Waals surface area contributed by atoms with Crippen LogP contribution in [0, 0.1) is 0 Å². The Morgan fingerprint density at radius 1 is 1.00 bits per heavy atom. The van der Waals surface area contributed by atoms with Gasteiger partial charge < -0.3 is 4.90 Å². The molecule has 0 atom stereocenters. The van der Waals surface area contributed by atoms with E-state index in [2.05, 4.69) is 0 Å². The van der Waals surface area contributed by atoms with Crippen molar-refractivity contribution in [1.29, 1.82) is 0 Å². The van der Waals surface area contributed by atoms with Crippen molar-refractivity contribution in [2.75, 3.05) is 11.9 Å². The van der Waals surface area contributed by atoms with Crippen LogP contribution in [0.1, 0.15) is 11.1 Å². The van der Waals surface area contributed by atoms with Gasteiger partial charge in [0.1, 0.15) is 0 Å². The van der Waals surface area contributed by atoms with Crippen LogP contribution in [0.4, 0.5) is 27.6 Å². The lowest BCUT2D eigenvalue weighted by Gasteiger charge is -2.22. The number of anilines is 1. The molecule has 25 heavy (non-hydrogen) atoms. The minimum atomic E-state index is -4.79. The van der Waals surface area contributed by atoms with E-state index in [1.807, 2.05) is 0 Å². The summed E-state index contributed by atoms with van der Waals surface area (Å²) in [4.78, 5) is 0.858. The van der Waals surface area contributed by atoms with E-state index in [4.69, 9.17) is 0 Å². The monoisotopic (exact) mass is 379 g/mol. The van der Waals surface area contributed by atoms with Crippen LogP contribution in [0.15, 0.2) is 53.4 Å². The van der Waals surface area contributed by atoms with Gasteiger partial charge in [0, 0.05) is 13.6 Å². The van der Waals surface area contributed by atoms with E-state index in [1.54, 1.807) is 0 Å². The molecule has 3 nitrogen and oxygen atoms in total. The summed E-state index contributed by atoms with van der Waals surface area (Å²) in [5, 5.41) is 0. The first-order valence-corrected chi connectivity index (χ1v) is 8.56. The molecule has 0 heterocycles. The zero-order chi connectivity index (χ0) is 18.8. The molecule has 0 N–H and O–H groups in total. The molecule has 0 saturated carbocycles. The summed E-state index contributed by atoms with van der Waals surface area (Å²) in [5.74, 6) is -3.56. The summed E-state index contributed by atoms with van der Waals surface area (Å²) in [6.45, 7) is 0.0495. The standard InChI is InChI=1S/C16H14F5NO2S/c1-22(10-11-6-8-12(9-7-11)16(19,20)21)13-4-2-3-5-14(13)25(23,24)15(17)18/h2-9,15H,10H2,1H3. The van der Waals surface area contributed by atoms with Crippen LogP contribution in [0.5, 0.6) is 0 Å². The summed E-state index contributed by atoms with van der Waals surface area (Å²) in [6, 6.07) is 9.57. The molecule has 0 unspecified atom stereocenters. The van der Waals surface area contributed by atoms with E-state index in [9.17, 15) is 30.4 Å². The SMILES string of the molecule is CN(Cc1ccc(C(F)(F)F)cc1)c1ccccc1S(=O)(=O)C(F)F. The molecule has 0 bridgehead atoms. The molecule has 9 heteroatoms. The van der Waals surface area contributed by atoms with E-state index in [-0.39, 0.29) is 12.2 Å². The van der Waals surface area contributed by atoms with Gasteiger partial charge in [-0.05, 0) is 29.8 Å². The number of rotatable bonds is 5. The molecular formula is C16H14F5NO2S. The molecule has 0 saturated heterocycles. The van der Waals surface area contributed by atoms with Gasteiger partial charge >= 0.3 is 11.9 Å². The Morgan fingerprint density at radius 2 is 1.56 bits per heavy atom. The van der Waals surface area contributed by atoms with Gasteiger partial charge in [-0.2, -0.15) is 22.0 Å². The Morgan fingerprint density at radius 3 is 2.08 bits per heavy atom. The third-order valence-electron chi connectivity index (χ3n) is 3.52. The lowest BCUT2D eigenvalue weighted by Crippen LogP contribution is -2.21. The van der Waals surface area contributed by atoms with E-state index in [0.717, 1.165) is 18.2 Å². The molecule has 0 aliphatic heterocycles. The fourth-order valence-corrected chi connectivity index (χ4v) is 3.24. The van der Waals surface area contributed by atoms with Crippen molar-refractivity contribution in [2.45, 2.75) is 23.4 Å². The maximum Gasteiger partial charge on any atom is 0.416 e. The molecule has 2 aromatic carbocycles. The summed E-state index contributed by atoms with van der Waals surface area (Å²) < 4.78 is 86.8. The first-order chi connectivity index (χ1) is 11.5. The van der Waals surface area contributed by atoms with Crippen molar-refractivity contribution in [3.63, 3.8) is 0 Å². The zero-order valence-corrected chi connectivity index (χ0v) is 13.8. The summed E-state index contributed by atoms with van der Waals surface area (Å²) >= 11 is 0. The second-order valence-corrected chi connectivity index (χ2v) is 7.21. The highest BCUT2D eigenvalue weighted by Crippen LogP contribution is 2.31. The second-order valence-electron chi connectivity index (χ2n) is 5.32. The van der Waals surface area contributed by atoms with Gasteiger partial charge in [-0.25, -0.2) is 8.42 Å². The topological polar surface area (TPSA) is 37.4 Å². The Labute approximate surface area is 141 Å². The summed E-state index contributed by atoms with van der Waals surface area (Å²) in [5.41, 5.74) is -0.290. The van der Waals surface area contributed by atoms with Gasteiger partial charge in [0.25, 0.3) is 0 Å². The Bertz CT molecular complexity index is 832. The number of sulfone groups is 1. The van der Waals surface area contributed by atoms with Gasteiger partial charge in [-0.1, -0.05) is 24.3 Å². The Hall–Kier alpha value is -2.16. The van der Waals surface area contributed by atoms with Gasteiger partial charge in [0.15, 0.2) is 0 Å². The average Bonchev–Trinajstić information content (AvgIpc) is 2.54. The highest BCUT2D eigenvalue weighted by molar-refractivity contribution is 7.91. The minimum Gasteiger partial charge on any atom is -0.369 e. The third kappa shape index (κ3) is 4.28. The fraction of sp³-hybridized carbons (Fsp3) is 0.250. The summed E-state index contributed by atoms with van der Waals surface area (Å²) in [6.07, 6.45) is -4.46. The third-order valence-corrected chi connectivity index (χ3v) is 4.95. The molecule has 0 spiro atoms. The number of alkyl halides is 5. The molecule has 0 fully saturated rings. The van der Waals surface area contributed by atoms with Crippen LogP contribution in [-0.2, 0) is 22.6 Å². The van der Waals surface area contributed by atoms with Gasteiger partial charge in [-0.15, -0.1) is 0 Å². The van der Waals surface area contributed by atoms with Crippen molar-refractivity contribution in [3.05, 3.63) is 59.7 Å². The lowest BCUT2D eigenvalue weighted by atomic mass is 10.1.